The summed E-state index contributed by atoms with van der Waals surface area (Å²) in [5.74, 6) is 0.627. The van der Waals surface area contributed by atoms with E-state index in [2.05, 4.69) is 0 Å². The van der Waals surface area contributed by atoms with Gasteiger partial charge in [0, 0.05) is 19.3 Å². The minimum absolute atomic E-state index is 0.0533. The number of amidine groups is 1. The number of nitrogens with two attached hydrogens (primary N) is 1. The predicted molar refractivity (Wildman–Crippen MR) is 80.1 cm³/mol. The lowest BCUT2D eigenvalue weighted by Crippen LogP contribution is -2.25. The number of ether oxygens (including phenoxy) is 1. The predicted octanol–water partition coefficient (Wildman–Crippen LogP) is 0.456. The molecule has 0 aliphatic heterocycles. The van der Waals surface area contributed by atoms with Crippen molar-refractivity contribution in [2.24, 2.45) is 5.73 Å². The average molecular weight is 299 g/mol. The van der Waals surface area contributed by atoms with E-state index in [1.54, 1.807) is 12.1 Å². The average Bonchev–Trinajstić information content (AvgIpc) is 2.35. The highest BCUT2D eigenvalue weighted by Gasteiger charge is 2.10. The highest BCUT2D eigenvalue weighted by molar-refractivity contribution is 7.90. The first-order chi connectivity index (χ1) is 9.23. The number of rotatable bonds is 7. The molecule has 0 radical (unpaired) electrons. The van der Waals surface area contributed by atoms with Gasteiger partial charge in [0.05, 0.1) is 18.4 Å². The smallest absolute Gasteiger partial charge is 0.148 e. The molecule has 0 aromatic heterocycles. The van der Waals surface area contributed by atoms with Crippen molar-refractivity contribution in [3.05, 3.63) is 29.3 Å². The molecule has 1 aromatic carbocycles. The van der Waals surface area contributed by atoms with Gasteiger partial charge in [-0.05, 0) is 24.7 Å². The molecule has 1 aromatic rings. The third-order valence-electron chi connectivity index (χ3n) is 2.85. The number of sulfone groups is 1. The van der Waals surface area contributed by atoms with Crippen LogP contribution < -0.4 is 10.5 Å². The van der Waals surface area contributed by atoms with Crippen LogP contribution in [-0.2, 0) is 16.4 Å². The molecular weight excluding hydrogens is 278 g/mol. The van der Waals surface area contributed by atoms with Crippen LogP contribution in [0.3, 0.4) is 0 Å². The summed E-state index contributed by atoms with van der Waals surface area (Å²) in [5.41, 5.74) is 7.01. The van der Waals surface area contributed by atoms with Crippen LogP contribution in [0.4, 0.5) is 0 Å². The molecule has 0 amide bonds. The van der Waals surface area contributed by atoms with Gasteiger partial charge in [0.2, 0.25) is 0 Å². The Labute approximate surface area is 120 Å². The van der Waals surface area contributed by atoms with E-state index in [1.807, 2.05) is 18.0 Å². The Bertz CT molecular complexity index is 585. The fourth-order valence-electron chi connectivity index (χ4n) is 1.78. The molecule has 0 saturated heterocycles. The maximum atomic E-state index is 11.1. The van der Waals surface area contributed by atoms with E-state index in [4.69, 9.17) is 15.9 Å². The maximum absolute atomic E-state index is 11.1. The van der Waals surface area contributed by atoms with Crippen LogP contribution in [0.25, 0.3) is 0 Å². The zero-order valence-corrected chi connectivity index (χ0v) is 12.8. The quantitative estimate of drug-likeness (QED) is 0.563. The Morgan fingerprint density at radius 3 is 2.60 bits per heavy atom. The first-order valence-electron chi connectivity index (χ1n) is 6.10. The van der Waals surface area contributed by atoms with E-state index in [0.717, 1.165) is 5.56 Å². The molecule has 0 saturated carbocycles. The van der Waals surface area contributed by atoms with Crippen molar-refractivity contribution in [1.82, 2.24) is 4.90 Å². The summed E-state index contributed by atoms with van der Waals surface area (Å²) in [4.78, 5) is 1.91. The SMILES string of the molecule is COc1ccc(CN(C)CCS(C)(=O)=O)cc1C(=N)N. The molecule has 0 spiro atoms. The van der Waals surface area contributed by atoms with Crippen LogP contribution in [0.5, 0.6) is 5.75 Å². The third-order valence-corrected chi connectivity index (χ3v) is 3.77. The van der Waals surface area contributed by atoms with Crippen LogP contribution in [0, 0.1) is 5.41 Å². The van der Waals surface area contributed by atoms with E-state index in [1.165, 1.54) is 13.4 Å². The van der Waals surface area contributed by atoms with Crippen LogP contribution in [0.15, 0.2) is 18.2 Å². The lowest BCUT2D eigenvalue weighted by Gasteiger charge is -2.17. The van der Waals surface area contributed by atoms with Crippen LogP contribution >= 0.6 is 0 Å². The van der Waals surface area contributed by atoms with Crippen molar-refractivity contribution in [2.75, 3.05) is 32.7 Å². The Morgan fingerprint density at radius 1 is 1.45 bits per heavy atom. The first-order valence-corrected chi connectivity index (χ1v) is 8.16. The Kier molecular flexibility index (Phi) is 5.52. The van der Waals surface area contributed by atoms with E-state index >= 15 is 0 Å². The van der Waals surface area contributed by atoms with Crippen molar-refractivity contribution in [3.63, 3.8) is 0 Å². The molecule has 0 fully saturated rings. The van der Waals surface area contributed by atoms with Gasteiger partial charge in [-0.3, -0.25) is 5.41 Å². The second-order valence-electron chi connectivity index (χ2n) is 4.82. The van der Waals surface area contributed by atoms with Gasteiger partial charge in [0.1, 0.15) is 21.4 Å². The topological polar surface area (TPSA) is 96.5 Å². The minimum atomic E-state index is -2.96. The van der Waals surface area contributed by atoms with E-state index in [9.17, 15) is 8.42 Å². The normalized spacial score (nSPS) is 11.6. The summed E-state index contributed by atoms with van der Waals surface area (Å²) < 4.78 is 27.4. The monoisotopic (exact) mass is 299 g/mol. The van der Waals surface area contributed by atoms with Crippen LogP contribution in [0.1, 0.15) is 11.1 Å². The van der Waals surface area contributed by atoms with Gasteiger partial charge in [0.25, 0.3) is 0 Å². The molecule has 0 aliphatic carbocycles. The summed E-state index contributed by atoms with van der Waals surface area (Å²) in [6.45, 7) is 1.04. The summed E-state index contributed by atoms with van der Waals surface area (Å²) in [6, 6.07) is 5.43. The highest BCUT2D eigenvalue weighted by Crippen LogP contribution is 2.20. The minimum Gasteiger partial charge on any atom is -0.496 e. The fraction of sp³-hybridized carbons (Fsp3) is 0.462. The maximum Gasteiger partial charge on any atom is 0.148 e. The van der Waals surface area contributed by atoms with Crippen molar-refractivity contribution >= 4 is 15.7 Å². The van der Waals surface area contributed by atoms with Crippen molar-refractivity contribution in [2.45, 2.75) is 6.54 Å². The van der Waals surface area contributed by atoms with E-state index in [-0.39, 0.29) is 11.6 Å². The molecule has 0 heterocycles. The number of methoxy groups -OCH3 is 1. The van der Waals surface area contributed by atoms with E-state index < -0.39 is 9.84 Å². The van der Waals surface area contributed by atoms with Gasteiger partial charge in [-0.2, -0.15) is 0 Å². The molecule has 1 rings (SSSR count). The summed E-state index contributed by atoms with van der Waals surface area (Å²) in [6.07, 6.45) is 1.22. The number of nitrogens with zero attached hydrogens (tertiary/aromatic N) is 1. The Hall–Kier alpha value is -1.60. The van der Waals surface area contributed by atoms with Crippen molar-refractivity contribution < 1.29 is 13.2 Å². The summed E-state index contributed by atoms with van der Waals surface area (Å²) >= 11 is 0. The second-order valence-corrected chi connectivity index (χ2v) is 7.08. The summed E-state index contributed by atoms with van der Waals surface area (Å²) in [5, 5.41) is 7.53. The first kappa shape index (κ1) is 16.5. The summed E-state index contributed by atoms with van der Waals surface area (Å²) in [7, 11) is 0.418. The molecule has 7 heteroatoms. The van der Waals surface area contributed by atoms with Crippen LogP contribution in [0.2, 0.25) is 0 Å². The number of benzene rings is 1. The largest absolute Gasteiger partial charge is 0.496 e. The van der Waals surface area contributed by atoms with Crippen LogP contribution in [-0.4, -0.2) is 51.9 Å². The second kappa shape index (κ2) is 6.71. The molecule has 6 nitrogen and oxygen atoms in total. The number of hydrogen-bond donors (Lipinski definition) is 2. The number of hydrogen-bond acceptors (Lipinski definition) is 5. The van der Waals surface area contributed by atoms with Gasteiger partial charge in [0.15, 0.2) is 0 Å². The van der Waals surface area contributed by atoms with Crippen molar-refractivity contribution in [1.29, 1.82) is 5.41 Å². The number of nitrogens with one attached hydrogen (secondary N) is 1. The van der Waals surface area contributed by atoms with E-state index in [0.29, 0.717) is 24.4 Å². The molecular formula is C13H21N3O3S. The molecule has 0 bridgehead atoms. The molecule has 0 unspecified atom stereocenters. The third kappa shape index (κ3) is 5.18. The number of nitrogen functional groups attached to an aromatic ring is 1. The Balaban J connectivity index is 2.78. The van der Waals surface area contributed by atoms with Crippen molar-refractivity contribution in [3.8, 4) is 5.75 Å². The molecule has 3 N–H and O–H groups in total. The lowest BCUT2D eigenvalue weighted by atomic mass is 10.1. The Morgan fingerprint density at radius 2 is 2.10 bits per heavy atom. The van der Waals surface area contributed by atoms with Gasteiger partial charge < -0.3 is 15.4 Å². The zero-order valence-electron chi connectivity index (χ0n) is 12.0. The zero-order chi connectivity index (χ0) is 15.3. The standard InChI is InChI=1S/C13H21N3O3S/c1-16(6-7-20(3,17)18)9-10-4-5-12(19-2)11(8-10)13(14)15/h4-5,8H,6-7,9H2,1-3H3,(H3,14,15). The van der Waals surface area contributed by atoms with Gasteiger partial charge in [-0.1, -0.05) is 6.07 Å². The fourth-order valence-corrected chi connectivity index (χ4v) is 2.42. The molecule has 20 heavy (non-hydrogen) atoms. The lowest BCUT2D eigenvalue weighted by molar-refractivity contribution is 0.346. The molecule has 0 aliphatic rings. The highest BCUT2D eigenvalue weighted by atomic mass is 32.2. The van der Waals surface area contributed by atoms with Gasteiger partial charge in [-0.15, -0.1) is 0 Å². The van der Waals surface area contributed by atoms with Gasteiger partial charge >= 0.3 is 0 Å². The molecule has 112 valence electrons. The molecule has 0 atom stereocenters. The van der Waals surface area contributed by atoms with Gasteiger partial charge in [-0.25, -0.2) is 8.42 Å².